The highest BCUT2D eigenvalue weighted by Gasteiger charge is 2.45. The molecule has 5 nitrogen and oxygen atoms in total. The van der Waals surface area contributed by atoms with E-state index in [4.69, 9.17) is 0 Å². The number of aliphatic hydroxyl groups is 1. The fourth-order valence-electron chi connectivity index (χ4n) is 4.22. The normalized spacial score (nSPS) is 17.7. The lowest BCUT2D eigenvalue weighted by molar-refractivity contribution is -0.138. The molecule has 0 fully saturated rings. The lowest BCUT2D eigenvalue weighted by atomic mass is 9.87. The SMILES string of the molecule is CC(C)NC(=O)c1ccc(-c2cccc(C3(c4ccccc4C(F)(F)F)N=CC(C(C)(C)O)=N3)c2)cc1. The Bertz CT molecular complexity index is 1370. The first-order chi connectivity index (χ1) is 17.3. The predicted octanol–water partition coefficient (Wildman–Crippen LogP) is 6.01. The predicted molar refractivity (Wildman–Crippen MR) is 139 cm³/mol. The monoisotopic (exact) mass is 507 g/mol. The molecule has 0 spiro atoms. The number of aliphatic imine (C=N–C) groups is 2. The van der Waals surface area contributed by atoms with E-state index in [1.165, 1.54) is 38.3 Å². The van der Waals surface area contributed by atoms with E-state index in [9.17, 15) is 23.1 Å². The second-order valence-corrected chi connectivity index (χ2v) is 9.82. The quantitative estimate of drug-likeness (QED) is 0.429. The van der Waals surface area contributed by atoms with Crippen LogP contribution in [0.3, 0.4) is 0 Å². The maximum Gasteiger partial charge on any atom is 0.416 e. The number of halogens is 3. The van der Waals surface area contributed by atoms with Crippen LogP contribution in [0, 0.1) is 0 Å². The number of hydrogen-bond acceptors (Lipinski definition) is 4. The molecule has 1 amide bonds. The van der Waals surface area contributed by atoms with Gasteiger partial charge in [0.2, 0.25) is 5.66 Å². The van der Waals surface area contributed by atoms with E-state index in [1.54, 1.807) is 42.5 Å². The number of carbonyl (C=O) groups excluding carboxylic acids is 1. The molecule has 0 radical (unpaired) electrons. The first-order valence-electron chi connectivity index (χ1n) is 11.9. The highest BCUT2D eigenvalue weighted by molar-refractivity contribution is 6.35. The minimum absolute atomic E-state index is 0.000865. The van der Waals surface area contributed by atoms with Gasteiger partial charge in [-0.2, -0.15) is 13.2 Å². The second-order valence-electron chi connectivity index (χ2n) is 9.82. The molecule has 0 bridgehead atoms. The molecule has 37 heavy (non-hydrogen) atoms. The topological polar surface area (TPSA) is 74.0 Å². The van der Waals surface area contributed by atoms with Crippen molar-refractivity contribution >= 4 is 17.8 Å². The van der Waals surface area contributed by atoms with Gasteiger partial charge in [0, 0.05) is 28.9 Å². The van der Waals surface area contributed by atoms with E-state index in [1.807, 2.05) is 19.9 Å². The number of nitrogens with zero attached hydrogens (tertiary/aromatic N) is 2. The minimum atomic E-state index is -4.63. The molecule has 192 valence electrons. The molecule has 1 heterocycles. The summed E-state index contributed by atoms with van der Waals surface area (Å²) in [5.41, 5.74) is -1.51. The third kappa shape index (κ3) is 5.34. The fourth-order valence-corrected chi connectivity index (χ4v) is 4.22. The summed E-state index contributed by atoms with van der Waals surface area (Å²) >= 11 is 0. The Morgan fingerprint density at radius 1 is 0.946 bits per heavy atom. The Labute approximate surface area is 213 Å². The zero-order chi connectivity index (χ0) is 27.0. The Balaban J connectivity index is 1.84. The number of alkyl halides is 3. The van der Waals surface area contributed by atoms with Crippen LogP contribution in [0.15, 0.2) is 82.8 Å². The van der Waals surface area contributed by atoms with E-state index in [0.29, 0.717) is 11.1 Å². The zero-order valence-corrected chi connectivity index (χ0v) is 21.0. The molecular weight excluding hydrogens is 479 g/mol. The van der Waals surface area contributed by atoms with Crippen molar-refractivity contribution in [1.82, 2.24) is 5.32 Å². The van der Waals surface area contributed by atoms with Gasteiger partial charge < -0.3 is 10.4 Å². The molecule has 8 heteroatoms. The highest BCUT2D eigenvalue weighted by atomic mass is 19.4. The van der Waals surface area contributed by atoms with Crippen molar-refractivity contribution in [2.24, 2.45) is 9.98 Å². The molecule has 3 aromatic carbocycles. The first-order valence-corrected chi connectivity index (χ1v) is 11.9. The van der Waals surface area contributed by atoms with Gasteiger partial charge in [0.1, 0.15) is 5.60 Å². The van der Waals surface area contributed by atoms with E-state index in [0.717, 1.165) is 17.2 Å². The number of nitrogens with one attached hydrogen (secondary N) is 1. The van der Waals surface area contributed by atoms with Gasteiger partial charge in [0.05, 0.1) is 11.3 Å². The van der Waals surface area contributed by atoms with Crippen LogP contribution in [0.2, 0.25) is 0 Å². The molecule has 3 aromatic rings. The smallest absolute Gasteiger partial charge is 0.384 e. The largest absolute Gasteiger partial charge is 0.416 e. The van der Waals surface area contributed by atoms with Crippen molar-refractivity contribution in [1.29, 1.82) is 0 Å². The van der Waals surface area contributed by atoms with Crippen molar-refractivity contribution in [2.45, 2.75) is 51.2 Å². The molecule has 4 rings (SSSR count). The van der Waals surface area contributed by atoms with Gasteiger partial charge in [-0.1, -0.05) is 48.5 Å². The first kappa shape index (κ1) is 26.3. The molecule has 0 saturated carbocycles. The van der Waals surface area contributed by atoms with Gasteiger partial charge in [-0.15, -0.1) is 0 Å². The van der Waals surface area contributed by atoms with Gasteiger partial charge in [0.25, 0.3) is 5.91 Å². The lowest BCUT2D eigenvalue weighted by Gasteiger charge is -2.28. The zero-order valence-electron chi connectivity index (χ0n) is 21.0. The minimum Gasteiger partial charge on any atom is -0.384 e. The van der Waals surface area contributed by atoms with E-state index < -0.39 is 23.0 Å². The Kier molecular flexibility index (Phi) is 6.81. The van der Waals surface area contributed by atoms with Gasteiger partial charge in [0.15, 0.2) is 0 Å². The van der Waals surface area contributed by atoms with Crippen LogP contribution in [0.5, 0.6) is 0 Å². The van der Waals surface area contributed by atoms with E-state index in [2.05, 4.69) is 15.3 Å². The molecule has 0 aromatic heterocycles. The number of benzene rings is 3. The van der Waals surface area contributed by atoms with Crippen LogP contribution in [0.25, 0.3) is 11.1 Å². The third-order valence-electron chi connectivity index (χ3n) is 6.06. The molecular formula is C29H28F3N3O2. The summed E-state index contributed by atoms with van der Waals surface area (Å²) in [6.07, 6.45) is -3.29. The summed E-state index contributed by atoms with van der Waals surface area (Å²) < 4.78 is 42.2. The summed E-state index contributed by atoms with van der Waals surface area (Å²) in [7, 11) is 0. The average Bonchev–Trinajstić information content (AvgIpc) is 3.31. The van der Waals surface area contributed by atoms with Crippen molar-refractivity contribution in [2.75, 3.05) is 0 Å². The van der Waals surface area contributed by atoms with Crippen molar-refractivity contribution < 1.29 is 23.1 Å². The summed E-state index contributed by atoms with van der Waals surface area (Å²) in [5, 5.41) is 13.4. The molecule has 1 unspecified atom stereocenters. The summed E-state index contributed by atoms with van der Waals surface area (Å²) in [4.78, 5) is 21.4. The van der Waals surface area contributed by atoms with Crippen LogP contribution < -0.4 is 5.32 Å². The Morgan fingerprint density at radius 3 is 2.22 bits per heavy atom. The number of carbonyl (C=O) groups is 1. The molecule has 1 aliphatic rings. The number of rotatable bonds is 6. The van der Waals surface area contributed by atoms with Crippen molar-refractivity contribution in [3.8, 4) is 11.1 Å². The van der Waals surface area contributed by atoms with Crippen LogP contribution in [0.1, 0.15) is 54.7 Å². The average molecular weight is 508 g/mol. The van der Waals surface area contributed by atoms with Crippen molar-refractivity contribution in [3.05, 3.63) is 95.1 Å². The van der Waals surface area contributed by atoms with Gasteiger partial charge in [-0.25, -0.2) is 4.99 Å². The lowest BCUT2D eigenvalue weighted by Crippen LogP contribution is -2.32. The van der Waals surface area contributed by atoms with E-state index >= 15 is 0 Å². The Hall–Kier alpha value is -3.78. The standard InChI is InChI=1S/C29H28F3N3O2/c1-18(2)34-26(36)20-14-12-19(13-15-20)21-8-7-9-22(16-21)28(33-17-25(35-28)27(3,4)37)23-10-5-6-11-24(23)29(30,31)32/h5-18,37H,1-4H3,(H,34,36). The van der Waals surface area contributed by atoms with Gasteiger partial charge in [-0.05, 0) is 63.1 Å². The van der Waals surface area contributed by atoms with E-state index in [-0.39, 0.29) is 23.2 Å². The Morgan fingerprint density at radius 2 is 1.62 bits per heavy atom. The molecule has 0 aliphatic carbocycles. The summed E-state index contributed by atoms with van der Waals surface area (Å²) in [6, 6.07) is 19.2. The molecule has 1 aliphatic heterocycles. The maximum atomic E-state index is 14.1. The molecule has 1 atom stereocenters. The fraction of sp³-hybridized carbons (Fsp3) is 0.276. The second kappa shape index (κ2) is 9.59. The highest BCUT2D eigenvalue weighted by Crippen LogP contribution is 2.45. The maximum absolute atomic E-state index is 14.1. The molecule has 2 N–H and O–H groups in total. The van der Waals surface area contributed by atoms with Crippen LogP contribution >= 0.6 is 0 Å². The summed E-state index contributed by atoms with van der Waals surface area (Å²) in [6.45, 7) is 6.78. The van der Waals surface area contributed by atoms with Gasteiger partial charge in [-0.3, -0.25) is 9.79 Å². The van der Waals surface area contributed by atoms with Crippen LogP contribution in [-0.2, 0) is 11.8 Å². The number of amides is 1. The molecule has 0 saturated heterocycles. The van der Waals surface area contributed by atoms with Gasteiger partial charge >= 0.3 is 6.18 Å². The number of hydrogen-bond donors (Lipinski definition) is 2. The summed E-state index contributed by atoms with van der Waals surface area (Å²) in [5.74, 6) is -0.188. The van der Waals surface area contributed by atoms with Crippen LogP contribution in [-0.4, -0.2) is 34.6 Å². The third-order valence-corrected chi connectivity index (χ3v) is 6.06. The van der Waals surface area contributed by atoms with Crippen LogP contribution in [0.4, 0.5) is 13.2 Å². The van der Waals surface area contributed by atoms with Crippen molar-refractivity contribution in [3.63, 3.8) is 0 Å².